The van der Waals surface area contributed by atoms with Gasteiger partial charge in [0.2, 0.25) is 0 Å². The Balaban J connectivity index is 1.64. The Morgan fingerprint density at radius 3 is 2.75 bits per heavy atom. The number of cyclic esters (lactones) is 1. The van der Waals surface area contributed by atoms with Gasteiger partial charge in [0.1, 0.15) is 12.4 Å². The summed E-state index contributed by atoms with van der Waals surface area (Å²) >= 11 is 6.33. The molecule has 3 heterocycles. The van der Waals surface area contributed by atoms with Gasteiger partial charge in [0, 0.05) is 23.2 Å². The minimum atomic E-state index is -0.700. The number of benzene rings is 1. The summed E-state index contributed by atoms with van der Waals surface area (Å²) < 4.78 is 25.6. The highest BCUT2D eigenvalue weighted by Crippen LogP contribution is 2.31. The van der Waals surface area contributed by atoms with Crippen molar-refractivity contribution in [1.82, 2.24) is 9.97 Å². The summed E-state index contributed by atoms with van der Waals surface area (Å²) in [5.74, 6) is -0.297. The van der Waals surface area contributed by atoms with Crippen LogP contribution >= 0.6 is 11.6 Å². The summed E-state index contributed by atoms with van der Waals surface area (Å²) in [7, 11) is 0. The van der Waals surface area contributed by atoms with E-state index < -0.39 is 18.0 Å². The maximum Gasteiger partial charge on any atom is 0.414 e. The van der Waals surface area contributed by atoms with Crippen LogP contribution in [0.3, 0.4) is 0 Å². The molecule has 1 fully saturated rings. The van der Waals surface area contributed by atoms with Gasteiger partial charge in [0.25, 0.3) is 5.56 Å². The molecule has 1 saturated heterocycles. The van der Waals surface area contributed by atoms with Crippen LogP contribution in [-0.4, -0.2) is 35.3 Å². The van der Waals surface area contributed by atoms with E-state index in [1.165, 1.54) is 17.2 Å². The molecule has 3 aromatic rings. The number of carbonyl (C=O) groups excluding carboxylic acids is 1. The number of H-pyrrole nitrogens is 1. The number of hydrogen-bond acceptors (Lipinski definition) is 6. The van der Waals surface area contributed by atoms with Crippen molar-refractivity contribution in [2.45, 2.75) is 32.9 Å². The van der Waals surface area contributed by atoms with Gasteiger partial charge in [-0.05, 0) is 39.0 Å². The second kappa shape index (κ2) is 8.66. The van der Waals surface area contributed by atoms with E-state index in [0.717, 1.165) is 0 Å². The molecule has 0 saturated carbocycles. The molecule has 2 aromatic heterocycles. The van der Waals surface area contributed by atoms with Crippen LogP contribution in [-0.2, 0) is 4.74 Å². The smallest absolute Gasteiger partial charge is 0.414 e. The number of aromatic nitrogens is 2. The fraction of sp³-hybridized carbons (Fsp3) is 0.318. The first-order valence-corrected chi connectivity index (χ1v) is 10.5. The van der Waals surface area contributed by atoms with E-state index in [-0.39, 0.29) is 36.3 Å². The maximum absolute atomic E-state index is 15.0. The minimum absolute atomic E-state index is 0.0640. The quantitative estimate of drug-likeness (QED) is 0.556. The predicted octanol–water partition coefficient (Wildman–Crippen LogP) is 4.63. The Morgan fingerprint density at radius 1 is 1.28 bits per heavy atom. The average molecular weight is 461 g/mol. The Hall–Kier alpha value is -3.33. The third kappa shape index (κ3) is 4.20. The predicted molar refractivity (Wildman–Crippen MR) is 120 cm³/mol. The Labute approximate surface area is 188 Å². The van der Waals surface area contributed by atoms with Gasteiger partial charge in [0.05, 0.1) is 34.9 Å². The summed E-state index contributed by atoms with van der Waals surface area (Å²) in [6, 6.07) is 5.90. The number of aromatic amines is 1. The number of hydrogen-bond donors (Lipinski definition) is 2. The average Bonchev–Trinajstić information content (AvgIpc) is 3.15. The molecule has 1 aliphatic rings. The molecule has 1 atom stereocenters. The Morgan fingerprint density at radius 2 is 2.06 bits per heavy atom. The summed E-state index contributed by atoms with van der Waals surface area (Å²) in [6.45, 7) is 5.93. The fourth-order valence-electron chi connectivity index (χ4n) is 3.53. The number of nitrogens with zero attached hydrogens (tertiary/aromatic N) is 2. The van der Waals surface area contributed by atoms with Gasteiger partial charge in [-0.1, -0.05) is 11.6 Å². The van der Waals surface area contributed by atoms with E-state index in [1.54, 1.807) is 25.1 Å². The number of anilines is 2. The third-order valence-corrected chi connectivity index (χ3v) is 5.32. The summed E-state index contributed by atoms with van der Waals surface area (Å²) in [4.78, 5) is 32.6. The minimum Gasteiger partial charge on any atom is -0.489 e. The summed E-state index contributed by atoms with van der Waals surface area (Å²) in [5.41, 5.74) is 0.673. The fourth-order valence-corrected chi connectivity index (χ4v) is 3.74. The van der Waals surface area contributed by atoms with Gasteiger partial charge in [-0.2, -0.15) is 0 Å². The molecule has 1 unspecified atom stereocenters. The van der Waals surface area contributed by atoms with Crippen molar-refractivity contribution in [3.63, 3.8) is 0 Å². The summed E-state index contributed by atoms with van der Waals surface area (Å²) in [5, 5.41) is 4.04. The van der Waals surface area contributed by atoms with Crippen molar-refractivity contribution in [1.29, 1.82) is 0 Å². The Kier molecular flexibility index (Phi) is 5.92. The van der Waals surface area contributed by atoms with Gasteiger partial charge in [0.15, 0.2) is 11.6 Å². The van der Waals surface area contributed by atoms with Gasteiger partial charge in [-0.25, -0.2) is 14.2 Å². The highest BCUT2D eigenvalue weighted by Gasteiger charge is 2.28. The van der Waals surface area contributed by atoms with Crippen molar-refractivity contribution >= 4 is 40.1 Å². The highest BCUT2D eigenvalue weighted by molar-refractivity contribution is 6.32. The first-order valence-electron chi connectivity index (χ1n) is 10.1. The largest absolute Gasteiger partial charge is 0.489 e. The Bertz CT molecular complexity index is 1250. The lowest BCUT2D eigenvalue weighted by Crippen LogP contribution is -2.25. The van der Waals surface area contributed by atoms with Gasteiger partial charge in [-0.3, -0.25) is 9.69 Å². The van der Waals surface area contributed by atoms with Gasteiger partial charge >= 0.3 is 6.09 Å². The number of halogens is 2. The molecule has 0 bridgehead atoms. The highest BCUT2D eigenvalue weighted by atomic mass is 35.5. The van der Waals surface area contributed by atoms with E-state index in [9.17, 15) is 9.59 Å². The maximum atomic E-state index is 15.0. The molecule has 1 amide bonds. The third-order valence-electron chi connectivity index (χ3n) is 5.03. The normalized spacial score (nSPS) is 14.7. The molecule has 32 heavy (non-hydrogen) atoms. The van der Waals surface area contributed by atoms with Crippen LogP contribution in [0.2, 0.25) is 5.02 Å². The summed E-state index contributed by atoms with van der Waals surface area (Å²) in [6.07, 6.45) is 0.707. The zero-order valence-electron chi connectivity index (χ0n) is 17.7. The molecule has 2 N–H and O–H groups in total. The standard InChI is InChI=1S/C22H22ClFN4O4/c1-11(2)32-18-10-16-13(9-15(18)23)8-14(21(29)27-16)12(3)26-20-19(24)17(4-5-25-20)28-6-7-31-22(28)30/h4-5,8-12H,6-7H2,1-3H3,(H,25,26)(H,27,29). The molecule has 168 valence electrons. The number of rotatable bonds is 6. The van der Waals surface area contributed by atoms with Crippen molar-refractivity contribution in [3.8, 4) is 5.75 Å². The van der Waals surface area contributed by atoms with Crippen LogP contribution in [0.1, 0.15) is 32.4 Å². The molecule has 1 aromatic carbocycles. The van der Waals surface area contributed by atoms with Crippen molar-refractivity contribution in [3.05, 3.63) is 57.2 Å². The SMILES string of the molecule is CC(C)Oc1cc2[nH]c(=O)c(C(C)Nc3nccc(N4CCOC4=O)c3F)cc2cc1Cl. The molecule has 0 spiro atoms. The van der Waals surface area contributed by atoms with Crippen LogP contribution in [0.15, 0.2) is 35.3 Å². The van der Waals surface area contributed by atoms with Crippen molar-refractivity contribution < 1.29 is 18.7 Å². The van der Waals surface area contributed by atoms with Gasteiger partial charge in [-0.15, -0.1) is 0 Å². The molecular weight excluding hydrogens is 439 g/mol. The molecule has 8 nitrogen and oxygen atoms in total. The lowest BCUT2D eigenvalue weighted by molar-refractivity contribution is 0.181. The van der Waals surface area contributed by atoms with E-state index in [1.807, 2.05) is 13.8 Å². The van der Waals surface area contributed by atoms with E-state index in [0.29, 0.717) is 27.2 Å². The second-order valence-corrected chi connectivity index (χ2v) is 8.12. The van der Waals surface area contributed by atoms with E-state index in [4.69, 9.17) is 21.1 Å². The monoisotopic (exact) mass is 460 g/mol. The van der Waals surface area contributed by atoms with Crippen molar-refractivity contribution in [2.24, 2.45) is 0 Å². The van der Waals surface area contributed by atoms with E-state index >= 15 is 4.39 Å². The first kappa shape index (κ1) is 21.9. The first-order chi connectivity index (χ1) is 15.2. The second-order valence-electron chi connectivity index (χ2n) is 7.71. The van der Waals surface area contributed by atoms with Crippen LogP contribution in [0.5, 0.6) is 5.75 Å². The molecule has 0 radical (unpaired) electrons. The number of carbonyl (C=O) groups is 1. The number of pyridine rings is 2. The number of nitrogens with one attached hydrogen (secondary N) is 2. The van der Waals surface area contributed by atoms with Gasteiger partial charge < -0.3 is 19.8 Å². The molecule has 4 rings (SSSR count). The van der Waals surface area contributed by atoms with Crippen LogP contribution < -0.4 is 20.5 Å². The number of amides is 1. The molecule has 0 aliphatic carbocycles. The van der Waals surface area contributed by atoms with Crippen LogP contribution in [0.4, 0.5) is 20.7 Å². The number of fused-ring (bicyclic) bond motifs is 1. The lowest BCUT2D eigenvalue weighted by atomic mass is 10.1. The lowest BCUT2D eigenvalue weighted by Gasteiger charge is -2.19. The topological polar surface area (TPSA) is 96.6 Å². The molecule has 10 heteroatoms. The van der Waals surface area contributed by atoms with Crippen LogP contribution in [0.25, 0.3) is 10.9 Å². The van der Waals surface area contributed by atoms with Crippen molar-refractivity contribution in [2.75, 3.05) is 23.4 Å². The van der Waals surface area contributed by atoms with E-state index in [2.05, 4.69) is 15.3 Å². The molecular formula is C22H22ClFN4O4. The number of ether oxygens (including phenoxy) is 2. The zero-order chi connectivity index (χ0) is 23.0. The van der Waals surface area contributed by atoms with Crippen LogP contribution in [0, 0.1) is 5.82 Å². The zero-order valence-corrected chi connectivity index (χ0v) is 18.5. The molecule has 1 aliphatic heterocycles.